The van der Waals surface area contributed by atoms with E-state index in [4.69, 9.17) is 22.3 Å². The second-order valence-electron chi connectivity index (χ2n) is 7.81. The molecule has 0 fully saturated rings. The Kier molecular flexibility index (Phi) is 6.26. The molecule has 3 N–H and O–H groups in total. The second kappa shape index (κ2) is 9.82. The zero-order valence-electron chi connectivity index (χ0n) is 19.1. The second-order valence-corrected chi connectivity index (χ2v) is 8.21. The number of hydrogen-bond donors (Lipinski definition) is 2. The van der Waals surface area contributed by atoms with E-state index in [0.717, 1.165) is 0 Å². The van der Waals surface area contributed by atoms with E-state index in [1.165, 1.54) is 12.7 Å². The van der Waals surface area contributed by atoms with Crippen LogP contribution >= 0.6 is 11.6 Å². The number of para-hydroxylation sites is 1. The average molecular weight is 495 g/mol. The summed E-state index contributed by atoms with van der Waals surface area (Å²) in [5.41, 5.74) is 8.03. The smallest absolute Gasteiger partial charge is 0.267 e. The van der Waals surface area contributed by atoms with Crippen LogP contribution in [0.4, 0.5) is 11.6 Å². The van der Waals surface area contributed by atoms with E-state index in [1.54, 1.807) is 35.2 Å². The van der Waals surface area contributed by atoms with Crippen LogP contribution in [0.3, 0.4) is 0 Å². The van der Waals surface area contributed by atoms with E-state index in [-0.39, 0.29) is 11.4 Å². The molecule has 0 saturated carbocycles. The van der Waals surface area contributed by atoms with Gasteiger partial charge in [-0.15, -0.1) is 0 Å². The summed E-state index contributed by atoms with van der Waals surface area (Å²) in [4.78, 5) is 34.8. The summed E-state index contributed by atoms with van der Waals surface area (Å²) in [7, 11) is 0. The molecule has 3 aromatic heterocycles. The standard InChI is InChI=1S/C26H19ClN8O/c1-16(33-24-19(23(28)31-15-32-24)11-10-17-12-29-14-30-13-17)25-34-21-9-5-8-20(27)22(21)26(36)35(25)18-6-3-2-4-7-18/h2-9,12-16H,1H3,(H3,28,31,32,33). The van der Waals surface area contributed by atoms with Gasteiger partial charge in [-0.1, -0.05) is 47.7 Å². The third-order valence-corrected chi connectivity index (χ3v) is 5.71. The largest absolute Gasteiger partial charge is 0.382 e. The number of nitrogens with two attached hydrogens (primary N) is 1. The number of anilines is 2. The summed E-state index contributed by atoms with van der Waals surface area (Å²) >= 11 is 6.38. The molecule has 0 aliphatic rings. The molecule has 0 saturated heterocycles. The van der Waals surface area contributed by atoms with Crippen LogP contribution in [-0.4, -0.2) is 29.5 Å². The summed E-state index contributed by atoms with van der Waals surface area (Å²) in [6.07, 6.45) is 5.96. The van der Waals surface area contributed by atoms with Gasteiger partial charge < -0.3 is 11.1 Å². The van der Waals surface area contributed by atoms with E-state index in [1.807, 2.05) is 37.3 Å². The van der Waals surface area contributed by atoms with Crippen molar-refractivity contribution in [2.45, 2.75) is 13.0 Å². The first kappa shape index (κ1) is 23.0. The van der Waals surface area contributed by atoms with Gasteiger partial charge in [0, 0.05) is 12.4 Å². The number of nitrogen functional groups attached to an aromatic ring is 1. The van der Waals surface area contributed by atoms with E-state index in [9.17, 15) is 4.79 Å². The Hall–Kier alpha value is -4.81. The molecule has 0 amide bonds. The summed E-state index contributed by atoms with van der Waals surface area (Å²) in [5, 5.41) is 3.99. The van der Waals surface area contributed by atoms with Gasteiger partial charge in [0.2, 0.25) is 0 Å². The van der Waals surface area contributed by atoms with E-state index >= 15 is 0 Å². The molecule has 176 valence electrons. The Bertz CT molecular complexity index is 1680. The molecule has 0 aliphatic carbocycles. The number of nitrogens with one attached hydrogen (secondary N) is 1. The summed E-state index contributed by atoms with van der Waals surface area (Å²) in [6.45, 7) is 1.87. The molecule has 10 heteroatoms. The van der Waals surface area contributed by atoms with Crippen molar-refractivity contribution >= 4 is 34.1 Å². The number of halogens is 1. The lowest BCUT2D eigenvalue weighted by Crippen LogP contribution is -2.27. The van der Waals surface area contributed by atoms with Crippen LogP contribution in [0, 0.1) is 11.8 Å². The molecule has 5 rings (SSSR count). The maximum atomic E-state index is 13.6. The molecule has 1 unspecified atom stereocenters. The van der Waals surface area contributed by atoms with Gasteiger partial charge in [-0.2, -0.15) is 0 Å². The fraction of sp³-hybridized carbons (Fsp3) is 0.0769. The first-order chi connectivity index (χ1) is 17.5. The maximum Gasteiger partial charge on any atom is 0.267 e. The van der Waals surface area contributed by atoms with Crippen LogP contribution in [0.15, 0.2) is 78.4 Å². The molecule has 3 heterocycles. The molecule has 9 nitrogen and oxygen atoms in total. The molecule has 0 spiro atoms. The van der Waals surface area contributed by atoms with Crippen LogP contribution < -0.4 is 16.6 Å². The molecular weight excluding hydrogens is 476 g/mol. The quantitative estimate of drug-likeness (QED) is 0.362. The molecular formula is C26H19ClN8O. The van der Waals surface area contributed by atoms with Gasteiger partial charge in [0.25, 0.3) is 5.56 Å². The highest BCUT2D eigenvalue weighted by Crippen LogP contribution is 2.26. The summed E-state index contributed by atoms with van der Waals surface area (Å²) < 4.78 is 1.54. The van der Waals surface area contributed by atoms with Gasteiger partial charge in [-0.25, -0.2) is 24.9 Å². The normalized spacial score (nSPS) is 11.5. The van der Waals surface area contributed by atoms with Crippen molar-refractivity contribution < 1.29 is 0 Å². The van der Waals surface area contributed by atoms with Crippen molar-refractivity contribution in [3.8, 4) is 17.5 Å². The highest BCUT2D eigenvalue weighted by molar-refractivity contribution is 6.35. The van der Waals surface area contributed by atoms with Gasteiger partial charge in [0.1, 0.15) is 35.7 Å². The van der Waals surface area contributed by atoms with Crippen molar-refractivity contribution in [1.29, 1.82) is 0 Å². The SMILES string of the molecule is CC(Nc1ncnc(N)c1C#Cc1cncnc1)c1nc2cccc(Cl)c2c(=O)n1-c1ccccc1. The first-order valence-electron chi connectivity index (χ1n) is 10.9. The first-order valence-corrected chi connectivity index (χ1v) is 11.3. The van der Waals surface area contributed by atoms with Gasteiger partial charge in [-0.3, -0.25) is 9.36 Å². The summed E-state index contributed by atoms with van der Waals surface area (Å²) in [5.74, 6) is 7.05. The number of hydrogen-bond acceptors (Lipinski definition) is 8. The monoisotopic (exact) mass is 494 g/mol. The number of benzene rings is 2. The van der Waals surface area contributed by atoms with Gasteiger partial charge in [0.15, 0.2) is 0 Å². The minimum atomic E-state index is -0.476. The molecule has 0 radical (unpaired) electrons. The fourth-order valence-corrected chi connectivity index (χ4v) is 3.97. The van der Waals surface area contributed by atoms with Crippen LogP contribution in [0.2, 0.25) is 5.02 Å². The predicted octanol–water partition coefficient (Wildman–Crippen LogP) is 3.77. The van der Waals surface area contributed by atoms with Crippen molar-refractivity contribution in [2.24, 2.45) is 0 Å². The third kappa shape index (κ3) is 4.45. The Morgan fingerprint density at radius 2 is 1.78 bits per heavy atom. The maximum absolute atomic E-state index is 13.6. The highest BCUT2D eigenvalue weighted by Gasteiger charge is 2.21. The predicted molar refractivity (Wildman–Crippen MR) is 139 cm³/mol. The van der Waals surface area contributed by atoms with Crippen LogP contribution in [-0.2, 0) is 0 Å². The lowest BCUT2D eigenvalue weighted by Gasteiger charge is -2.21. The molecule has 36 heavy (non-hydrogen) atoms. The lowest BCUT2D eigenvalue weighted by molar-refractivity contribution is 0.730. The van der Waals surface area contributed by atoms with Crippen LogP contribution in [0.5, 0.6) is 0 Å². The minimum absolute atomic E-state index is 0.211. The molecule has 2 aromatic carbocycles. The zero-order valence-corrected chi connectivity index (χ0v) is 19.8. The van der Waals surface area contributed by atoms with E-state index < -0.39 is 6.04 Å². The Morgan fingerprint density at radius 1 is 1.00 bits per heavy atom. The zero-order chi connectivity index (χ0) is 25.1. The average Bonchev–Trinajstić information content (AvgIpc) is 2.89. The van der Waals surface area contributed by atoms with Crippen LogP contribution in [0.25, 0.3) is 16.6 Å². The van der Waals surface area contributed by atoms with Gasteiger partial charge in [0.05, 0.1) is 33.2 Å². The molecule has 5 aromatic rings. The van der Waals surface area contributed by atoms with Crippen molar-refractivity contribution in [3.63, 3.8) is 0 Å². The van der Waals surface area contributed by atoms with Crippen molar-refractivity contribution in [3.05, 3.63) is 106 Å². The number of fused-ring (bicyclic) bond motifs is 1. The molecule has 0 bridgehead atoms. The number of rotatable bonds is 4. The van der Waals surface area contributed by atoms with Gasteiger partial charge >= 0.3 is 0 Å². The molecule has 1 atom stereocenters. The Balaban J connectivity index is 1.62. The highest BCUT2D eigenvalue weighted by atomic mass is 35.5. The van der Waals surface area contributed by atoms with E-state index in [0.29, 0.717) is 44.4 Å². The van der Waals surface area contributed by atoms with Crippen molar-refractivity contribution in [2.75, 3.05) is 11.1 Å². The number of nitrogens with zero attached hydrogens (tertiary/aromatic N) is 6. The third-order valence-electron chi connectivity index (χ3n) is 5.40. The number of aromatic nitrogens is 6. The summed E-state index contributed by atoms with van der Waals surface area (Å²) in [6, 6.07) is 14.0. The minimum Gasteiger partial charge on any atom is -0.382 e. The fourth-order valence-electron chi connectivity index (χ4n) is 3.72. The Morgan fingerprint density at radius 3 is 2.56 bits per heavy atom. The van der Waals surface area contributed by atoms with Crippen molar-refractivity contribution in [1.82, 2.24) is 29.5 Å². The van der Waals surface area contributed by atoms with Crippen LogP contribution in [0.1, 0.15) is 29.9 Å². The topological polar surface area (TPSA) is 124 Å². The van der Waals surface area contributed by atoms with E-state index in [2.05, 4.69) is 37.1 Å². The van der Waals surface area contributed by atoms with Gasteiger partial charge in [-0.05, 0) is 31.2 Å². The Labute approximate surface area is 211 Å². The molecule has 0 aliphatic heterocycles. The lowest BCUT2D eigenvalue weighted by atomic mass is 10.2.